The van der Waals surface area contributed by atoms with Crippen LogP contribution in [0.4, 0.5) is 0 Å². The molecule has 0 saturated carbocycles. The number of hydrogen-bond acceptors (Lipinski definition) is 2. The number of fused-ring (bicyclic) bond motifs is 1. The van der Waals surface area contributed by atoms with Crippen LogP contribution >= 0.6 is 0 Å². The average molecular weight is 305 g/mol. The van der Waals surface area contributed by atoms with Crippen LogP contribution in [0.2, 0.25) is 0 Å². The first-order valence-electron chi connectivity index (χ1n) is 8.01. The molecule has 0 saturated heterocycles. The second kappa shape index (κ2) is 5.65. The number of hydrogen-bond donors (Lipinski definition) is 0. The van der Waals surface area contributed by atoms with Crippen molar-refractivity contribution in [3.8, 4) is 5.69 Å². The van der Waals surface area contributed by atoms with E-state index in [1.165, 1.54) is 11.1 Å². The number of pyridine rings is 1. The normalized spacial score (nSPS) is 11.4. The molecule has 0 fully saturated rings. The van der Waals surface area contributed by atoms with Crippen LogP contribution in [0.25, 0.3) is 22.3 Å². The lowest BCUT2D eigenvalue weighted by molar-refractivity contribution is 0.776. The maximum Gasteiger partial charge on any atom is 0.163 e. The molecule has 1 aromatic carbocycles. The topological polar surface area (TPSA) is 30.7 Å². The summed E-state index contributed by atoms with van der Waals surface area (Å²) in [5.74, 6) is 0.349. The Labute approximate surface area is 137 Å². The first-order chi connectivity index (χ1) is 10.9. The van der Waals surface area contributed by atoms with Gasteiger partial charge < -0.3 is 0 Å². The quantitative estimate of drug-likeness (QED) is 0.666. The highest BCUT2D eigenvalue weighted by molar-refractivity contribution is 5.82. The molecule has 0 N–H and O–H groups in total. The van der Waals surface area contributed by atoms with Crippen molar-refractivity contribution >= 4 is 16.6 Å². The molecule has 0 atom stereocenters. The monoisotopic (exact) mass is 305 g/mol. The van der Waals surface area contributed by atoms with E-state index in [0.29, 0.717) is 5.92 Å². The first-order valence-corrected chi connectivity index (χ1v) is 8.01. The molecule has 0 unspecified atom stereocenters. The van der Waals surface area contributed by atoms with Crippen LogP contribution in [0.5, 0.6) is 0 Å². The van der Waals surface area contributed by atoms with E-state index < -0.39 is 0 Å². The highest BCUT2D eigenvalue weighted by Gasteiger charge is 2.16. The lowest BCUT2D eigenvalue weighted by Crippen LogP contribution is -2.00. The molecule has 23 heavy (non-hydrogen) atoms. The number of benzene rings is 1. The highest BCUT2D eigenvalue weighted by Crippen LogP contribution is 2.28. The van der Waals surface area contributed by atoms with Gasteiger partial charge in [-0.15, -0.1) is 0 Å². The Morgan fingerprint density at radius 3 is 2.30 bits per heavy atom. The third-order valence-electron chi connectivity index (χ3n) is 3.99. The van der Waals surface area contributed by atoms with Crippen LogP contribution in [-0.2, 0) is 0 Å². The Morgan fingerprint density at radius 2 is 1.74 bits per heavy atom. The molecule has 2 aromatic heterocycles. The molecule has 0 radical (unpaired) electrons. The lowest BCUT2D eigenvalue weighted by atomic mass is 10.1. The molecule has 0 aliphatic heterocycles. The number of aryl methyl sites for hydroxylation is 2. The summed E-state index contributed by atoms with van der Waals surface area (Å²) in [6, 6.07) is 10.6. The van der Waals surface area contributed by atoms with Crippen molar-refractivity contribution in [1.29, 1.82) is 0 Å². The van der Waals surface area contributed by atoms with Crippen molar-refractivity contribution in [2.45, 2.75) is 40.5 Å². The molecule has 2 heterocycles. The van der Waals surface area contributed by atoms with Gasteiger partial charge in [-0.1, -0.05) is 26.5 Å². The third kappa shape index (κ3) is 2.79. The predicted molar refractivity (Wildman–Crippen MR) is 97.1 cm³/mol. The number of nitrogens with zero attached hydrogens (tertiary/aromatic N) is 3. The van der Waals surface area contributed by atoms with E-state index in [1.54, 1.807) is 0 Å². The molecule has 0 bridgehead atoms. The van der Waals surface area contributed by atoms with Gasteiger partial charge in [0, 0.05) is 5.39 Å². The van der Waals surface area contributed by atoms with E-state index >= 15 is 0 Å². The van der Waals surface area contributed by atoms with Crippen LogP contribution in [0.15, 0.2) is 36.9 Å². The summed E-state index contributed by atoms with van der Waals surface area (Å²) in [7, 11) is 0. The van der Waals surface area contributed by atoms with Crippen LogP contribution in [0.1, 0.15) is 49.2 Å². The van der Waals surface area contributed by atoms with Crippen molar-refractivity contribution in [3.63, 3.8) is 0 Å². The van der Waals surface area contributed by atoms with E-state index in [1.807, 2.05) is 17.7 Å². The van der Waals surface area contributed by atoms with Gasteiger partial charge in [-0.05, 0) is 67.7 Å². The van der Waals surface area contributed by atoms with Crippen LogP contribution in [-0.4, -0.2) is 14.8 Å². The van der Waals surface area contributed by atoms with Crippen LogP contribution in [0.3, 0.4) is 0 Å². The van der Waals surface area contributed by atoms with Gasteiger partial charge in [-0.2, -0.15) is 5.10 Å². The Bertz CT molecular complexity index is 880. The first kappa shape index (κ1) is 15.5. The molecular weight excluding hydrogens is 282 g/mol. The molecule has 0 amide bonds. The molecular formula is C20H23N3. The fourth-order valence-corrected chi connectivity index (χ4v) is 2.94. The predicted octanol–water partition coefficient (Wildman–Crippen LogP) is 5.19. The van der Waals surface area contributed by atoms with Gasteiger partial charge in [0.1, 0.15) is 0 Å². The summed E-state index contributed by atoms with van der Waals surface area (Å²) in [5, 5.41) is 5.98. The molecule has 118 valence electrons. The SMILES string of the molecule is C=C(C)c1ccc2c(C(C)C)nn(-c3cc(C)cc(C)c3)c2n1. The van der Waals surface area contributed by atoms with E-state index in [9.17, 15) is 0 Å². The standard InChI is InChI=1S/C20H23N3/c1-12(2)18-8-7-17-19(13(3)4)22-23(20(17)21-18)16-10-14(5)9-15(6)11-16/h7-11,13H,1H2,2-6H3. The summed E-state index contributed by atoms with van der Waals surface area (Å²) in [6.45, 7) is 14.5. The summed E-state index contributed by atoms with van der Waals surface area (Å²) >= 11 is 0. The minimum Gasteiger partial charge on any atom is -0.228 e. The van der Waals surface area contributed by atoms with Gasteiger partial charge >= 0.3 is 0 Å². The largest absolute Gasteiger partial charge is 0.228 e. The van der Waals surface area contributed by atoms with Crippen LogP contribution < -0.4 is 0 Å². The Balaban J connectivity index is 2.34. The molecule has 0 aliphatic rings. The third-order valence-corrected chi connectivity index (χ3v) is 3.99. The molecule has 3 aromatic rings. The fraction of sp³-hybridized carbons (Fsp3) is 0.300. The van der Waals surface area contributed by atoms with Crippen molar-refractivity contribution in [2.75, 3.05) is 0 Å². The van der Waals surface area contributed by atoms with Gasteiger partial charge in [0.25, 0.3) is 0 Å². The van der Waals surface area contributed by atoms with E-state index in [4.69, 9.17) is 10.1 Å². The minimum absolute atomic E-state index is 0.349. The lowest BCUT2D eigenvalue weighted by Gasteiger charge is -2.07. The second-order valence-corrected chi connectivity index (χ2v) is 6.65. The van der Waals surface area contributed by atoms with Gasteiger partial charge in [0.15, 0.2) is 5.65 Å². The smallest absolute Gasteiger partial charge is 0.163 e. The molecule has 0 spiro atoms. The Kier molecular flexibility index (Phi) is 3.80. The van der Waals surface area contributed by atoms with E-state index in [-0.39, 0.29) is 0 Å². The van der Waals surface area contributed by atoms with Gasteiger partial charge in [-0.3, -0.25) is 0 Å². The zero-order chi connectivity index (χ0) is 16.7. The van der Waals surface area contributed by atoms with Crippen molar-refractivity contribution in [1.82, 2.24) is 14.8 Å². The summed E-state index contributed by atoms with van der Waals surface area (Å²) in [5.41, 5.74) is 7.38. The Morgan fingerprint density at radius 1 is 1.09 bits per heavy atom. The highest BCUT2D eigenvalue weighted by atomic mass is 15.3. The maximum absolute atomic E-state index is 4.87. The average Bonchev–Trinajstić information content (AvgIpc) is 2.84. The summed E-state index contributed by atoms with van der Waals surface area (Å²) < 4.78 is 1.97. The zero-order valence-corrected chi connectivity index (χ0v) is 14.5. The van der Waals surface area contributed by atoms with E-state index in [2.05, 4.69) is 58.5 Å². The Hall–Kier alpha value is -2.42. The fourth-order valence-electron chi connectivity index (χ4n) is 2.94. The van der Waals surface area contributed by atoms with Crippen molar-refractivity contribution < 1.29 is 0 Å². The minimum atomic E-state index is 0.349. The second-order valence-electron chi connectivity index (χ2n) is 6.65. The molecule has 3 nitrogen and oxygen atoms in total. The summed E-state index contributed by atoms with van der Waals surface area (Å²) in [6.07, 6.45) is 0. The van der Waals surface area contributed by atoms with Crippen molar-refractivity contribution in [2.24, 2.45) is 0 Å². The van der Waals surface area contributed by atoms with Gasteiger partial charge in [-0.25, -0.2) is 9.67 Å². The van der Waals surface area contributed by atoms with E-state index in [0.717, 1.165) is 33.7 Å². The molecule has 3 rings (SSSR count). The van der Waals surface area contributed by atoms with Gasteiger partial charge in [0.05, 0.1) is 17.1 Å². The van der Waals surface area contributed by atoms with Crippen LogP contribution in [0, 0.1) is 13.8 Å². The molecule has 3 heteroatoms. The number of allylic oxidation sites excluding steroid dienone is 1. The number of aromatic nitrogens is 3. The maximum atomic E-state index is 4.87. The summed E-state index contributed by atoms with van der Waals surface area (Å²) in [4.78, 5) is 4.81. The van der Waals surface area contributed by atoms with Gasteiger partial charge in [0.2, 0.25) is 0 Å². The number of rotatable bonds is 3. The zero-order valence-electron chi connectivity index (χ0n) is 14.5. The molecule has 0 aliphatic carbocycles. The van der Waals surface area contributed by atoms with Crippen molar-refractivity contribution in [3.05, 3.63) is 59.4 Å².